The zero-order valence-electron chi connectivity index (χ0n) is 14.6. The van der Waals surface area contributed by atoms with Crippen LogP contribution < -0.4 is 5.32 Å². The fraction of sp³-hybridized carbons (Fsp3) is 0.556. The average Bonchev–Trinajstić information content (AvgIpc) is 2.62. The molecule has 8 heteroatoms. The van der Waals surface area contributed by atoms with Gasteiger partial charge in [-0.2, -0.15) is 0 Å². The molecule has 0 spiro atoms. The molecule has 1 fully saturated rings. The van der Waals surface area contributed by atoms with E-state index in [1.165, 1.54) is 4.90 Å². The molecule has 2 atom stereocenters. The zero-order valence-corrected chi connectivity index (χ0v) is 14.6. The Morgan fingerprint density at radius 1 is 1.35 bits per heavy atom. The lowest BCUT2D eigenvalue weighted by atomic mass is 9.91. The monoisotopic (exact) mass is 363 g/mol. The van der Waals surface area contributed by atoms with Crippen molar-refractivity contribution in [1.82, 2.24) is 15.2 Å². The van der Waals surface area contributed by atoms with Crippen LogP contribution >= 0.6 is 0 Å². The number of nitrogens with zero attached hydrogens (tertiary/aromatic N) is 2. The summed E-state index contributed by atoms with van der Waals surface area (Å²) in [5.41, 5.74) is 1.13. The molecule has 2 rings (SSSR count). The lowest BCUT2D eigenvalue weighted by Gasteiger charge is -2.32. The average molecular weight is 363 g/mol. The van der Waals surface area contributed by atoms with E-state index in [2.05, 4.69) is 10.3 Å². The summed E-state index contributed by atoms with van der Waals surface area (Å²) >= 11 is 0. The van der Waals surface area contributed by atoms with Crippen molar-refractivity contribution in [2.75, 3.05) is 19.7 Å². The van der Waals surface area contributed by atoms with Crippen molar-refractivity contribution in [1.29, 1.82) is 0 Å². The molecule has 1 aliphatic heterocycles. The first-order valence-corrected chi connectivity index (χ1v) is 8.79. The van der Waals surface area contributed by atoms with Crippen LogP contribution in [-0.4, -0.2) is 63.6 Å². The summed E-state index contributed by atoms with van der Waals surface area (Å²) < 4.78 is 0. The number of piperidine rings is 1. The van der Waals surface area contributed by atoms with Crippen molar-refractivity contribution in [2.45, 2.75) is 38.1 Å². The number of aryl methyl sites for hydroxylation is 1. The van der Waals surface area contributed by atoms with E-state index in [0.717, 1.165) is 31.2 Å². The van der Waals surface area contributed by atoms with E-state index in [-0.39, 0.29) is 24.8 Å². The number of carbonyl (C=O) groups is 3. The number of pyridine rings is 1. The van der Waals surface area contributed by atoms with Crippen molar-refractivity contribution < 1.29 is 24.6 Å². The Bertz CT molecular complexity index is 623. The van der Waals surface area contributed by atoms with E-state index in [4.69, 9.17) is 10.2 Å². The molecule has 2 heterocycles. The summed E-state index contributed by atoms with van der Waals surface area (Å²) in [4.78, 5) is 40.9. The van der Waals surface area contributed by atoms with E-state index in [9.17, 15) is 14.4 Å². The standard InChI is InChI=1S/C18H25N3O5/c22-12-15(10-17(24)25)20-16(23)11-21-9-1-2-14(18(21)26)4-3-13-5-7-19-8-6-13/h5-8,14-15,22H,1-4,9-12H2,(H,20,23)(H,24,25)/t14-,15-/m0/s1. The van der Waals surface area contributed by atoms with Gasteiger partial charge in [0.05, 0.1) is 25.6 Å². The number of amides is 2. The first-order valence-electron chi connectivity index (χ1n) is 8.79. The molecule has 0 bridgehead atoms. The second-order valence-corrected chi connectivity index (χ2v) is 6.54. The van der Waals surface area contributed by atoms with Crippen LogP contribution in [0.25, 0.3) is 0 Å². The van der Waals surface area contributed by atoms with Gasteiger partial charge < -0.3 is 20.4 Å². The molecule has 142 valence electrons. The summed E-state index contributed by atoms with van der Waals surface area (Å²) in [7, 11) is 0. The third-order valence-corrected chi connectivity index (χ3v) is 4.51. The Kier molecular flexibility index (Phi) is 7.53. The number of hydrogen-bond donors (Lipinski definition) is 3. The molecule has 0 aliphatic carbocycles. The quantitative estimate of drug-likeness (QED) is 0.577. The minimum atomic E-state index is -1.10. The maximum atomic E-state index is 12.6. The highest BCUT2D eigenvalue weighted by Crippen LogP contribution is 2.22. The largest absolute Gasteiger partial charge is 0.481 e. The number of aliphatic hydroxyl groups is 1. The predicted octanol–water partition coefficient (Wildman–Crippen LogP) is 0.205. The van der Waals surface area contributed by atoms with Crippen LogP contribution in [0.4, 0.5) is 0 Å². The van der Waals surface area contributed by atoms with Crippen LogP contribution in [0.3, 0.4) is 0 Å². The number of rotatable bonds is 9. The van der Waals surface area contributed by atoms with Gasteiger partial charge in [0.2, 0.25) is 11.8 Å². The molecule has 3 N–H and O–H groups in total. The number of carboxylic acids is 1. The number of hydrogen-bond acceptors (Lipinski definition) is 5. The summed E-state index contributed by atoms with van der Waals surface area (Å²) in [5.74, 6) is -1.71. The number of aliphatic carboxylic acids is 1. The molecule has 0 saturated carbocycles. The molecule has 1 aromatic rings. The van der Waals surface area contributed by atoms with Gasteiger partial charge >= 0.3 is 5.97 Å². The maximum Gasteiger partial charge on any atom is 0.305 e. The second-order valence-electron chi connectivity index (χ2n) is 6.54. The smallest absolute Gasteiger partial charge is 0.305 e. The number of nitrogens with one attached hydrogen (secondary N) is 1. The number of carbonyl (C=O) groups excluding carboxylic acids is 2. The van der Waals surface area contributed by atoms with Crippen molar-refractivity contribution in [3.05, 3.63) is 30.1 Å². The molecular weight excluding hydrogens is 338 g/mol. The molecular formula is C18H25N3O5. The highest BCUT2D eigenvalue weighted by Gasteiger charge is 2.30. The Morgan fingerprint density at radius 3 is 2.73 bits per heavy atom. The van der Waals surface area contributed by atoms with Crippen LogP contribution in [0.1, 0.15) is 31.2 Å². The van der Waals surface area contributed by atoms with E-state index in [0.29, 0.717) is 6.54 Å². The van der Waals surface area contributed by atoms with E-state index in [1.807, 2.05) is 12.1 Å². The summed E-state index contributed by atoms with van der Waals surface area (Å²) in [6.45, 7) is -0.0536. The van der Waals surface area contributed by atoms with Crippen molar-refractivity contribution >= 4 is 17.8 Å². The van der Waals surface area contributed by atoms with Crippen molar-refractivity contribution in [3.63, 3.8) is 0 Å². The lowest BCUT2D eigenvalue weighted by molar-refractivity contribution is -0.143. The van der Waals surface area contributed by atoms with Gasteiger partial charge in [0.1, 0.15) is 0 Å². The second kappa shape index (κ2) is 9.86. The van der Waals surface area contributed by atoms with E-state index >= 15 is 0 Å². The van der Waals surface area contributed by atoms with Gasteiger partial charge in [-0.15, -0.1) is 0 Å². The Labute approximate surface area is 152 Å². The third-order valence-electron chi connectivity index (χ3n) is 4.51. The van der Waals surface area contributed by atoms with Crippen LogP contribution in [-0.2, 0) is 20.8 Å². The van der Waals surface area contributed by atoms with Crippen LogP contribution in [0, 0.1) is 5.92 Å². The molecule has 0 radical (unpaired) electrons. The Balaban J connectivity index is 1.84. The minimum absolute atomic E-state index is 0.0424. The third kappa shape index (κ3) is 6.11. The minimum Gasteiger partial charge on any atom is -0.481 e. The van der Waals surface area contributed by atoms with Gasteiger partial charge in [0.15, 0.2) is 0 Å². The van der Waals surface area contributed by atoms with Gasteiger partial charge in [-0.3, -0.25) is 19.4 Å². The first-order chi connectivity index (χ1) is 12.5. The first kappa shape index (κ1) is 19.8. The highest BCUT2D eigenvalue weighted by molar-refractivity contribution is 5.86. The molecule has 26 heavy (non-hydrogen) atoms. The molecule has 8 nitrogen and oxygen atoms in total. The van der Waals surface area contributed by atoms with Crippen molar-refractivity contribution in [2.24, 2.45) is 5.92 Å². The fourth-order valence-corrected chi connectivity index (χ4v) is 3.15. The van der Waals surface area contributed by atoms with Gasteiger partial charge in [-0.05, 0) is 43.4 Å². The van der Waals surface area contributed by atoms with Gasteiger partial charge in [0, 0.05) is 24.9 Å². The molecule has 2 amide bonds. The van der Waals surface area contributed by atoms with Gasteiger partial charge in [-0.1, -0.05) is 0 Å². The maximum absolute atomic E-state index is 12.6. The number of likely N-dealkylation sites (tertiary alicyclic amines) is 1. The normalized spacial score (nSPS) is 18.4. The molecule has 1 saturated heterocycles. The lowest BCUT2D eigenvalue weighted by Crippen LogP contribution is -2.49. The van der Waals surface area contributed by atoms with Crippen LogP contribution in [0.2, 0.25) is 0 Å². The van der Waals surface area contributed by atoms with Crippen LogP contribution in [0.5, 0.6) is 0 Å². The molecule has 0 unspecified atom stereocenters. The molecule has 0 aromatic carbocycles. The zero-order chi connectivity index (χ0) is 18.9. The van der Waals surface area contributed by atoms with E-state index < -0.39 is 24.5 Å². The number of carboxylic acid groups (broad SMARTS) is 1. The predicted molar refractivity (Wildman–Crippen MR) is 93.1 cm³/mol. The van der Waals surface area contributed by atoms with Crippen LogP contribution in [0.15, 0.2) is 24.5 Å². The Morgan fingerprint density at radius 2 is 2.08 bits per heavy atom. The van der Waals surface area contributed by atoms with Gasteiger partial charge in [-0.25, -0.2) is 0 Å². The van der Waals surface area contributed by atoms with E-state index in [1.54, 1.807) is 12.4 Å². The van der Waals surface area contributed by atoms with Gasteiger partial charge in [0.25, 0.3) is 0 Å². The SMILES string of the molecule is O=C(O)C[C@@H](CO)NC(=O)CN1CCC[C@@H](CCc2ccncc2)C1=O. The van der Waals surface area contributed by atoms with Crippen molar-refractivity contribution in [3.8, 4) is 0 Å². The summed E-state index contributed by atoms with van der Waals surface area (Å²) in [6, 6.07) is 3.01. The molecule has 1 aliphatic rings. The summed E-state index contributed by atoms with van der Waals surface area (Å²) in [5, 5.41) is 20.4. The Hall–Kier alpha value is -2.48. The fourth-order valence-electron chi connectivity index (χ4n) is 3.15. The topological polar surface area (TPSA) is 120 Å². The number of aliphatic hydroxyl groups excluding tert-OH is 1. The molecule has 1 aromatic heterocycles. The summed E-state index contributed by atoms with van der Waals surface area (Å²) in [6.07, 6.45) is 6.24. The highest BCUT2D eigenvalue weighted by atomic mass is 16.4. The number of aromatic nitrogens is 1.